The minimum Gasteiger partial charge on any atom is -0.469 e. The summed E-state index contributed by atoms with van der Waals surface area (Å²) in [6.45, 7) is 0.326. The Hall–Kier alpha value is -1.88. The van der Waals surface area contributed by atoms with E-state index >= 15 is 0 Å². The van der Waals surface area contributed by atoms with Crippen molar-refractivity contribution in [2.24, 2.45) is 5.73 Å². The van der Waals surface area contributed by atoms with Gasteiger partial charge in [0, 0.05) is 18.7 Å². The molecule has 1 aromatic rings. The van der Waals surface area contributed by atoms with Crippen molar-refractivity contribution in [2.45, 2.75) is 12.8 Å². The predicted molar refractivity (Wildman–Crippen MR) is 64.5 cm³/mol. The maximum absolute atomic E-state index is 11.3. The minimum atomic E-state index is -0.287. The lowest BCUT2D eigenvalue weighted by Crippen LogP contribution is -2.16. The van der Waals surface area contributed by atoms with Crippen LogP contribution in [0.5, 0.6) is 0 Å². The van der Waals surface area contributed by atoms with Crippen LogP contribution in [-0.4, -0.2) is 25.5 Å². The van der Waals surface area contributed by atoms with Crippen molar-refractivity contribution in [3.63, 3.8) is 0 Å². The minimum absolute atomic E-state index is 0.117. The van der Waals surface area contributed by atoms with E-state index in [0.717, 1.165) is 5.56 Å². The highest BCUT2D eigenvalue weighted by atomic mass is 16.5. The Balaban J connectivity index is 2.55. The Morgan fingerprint density at radius 3 is 2.47 bits per heavy atom. The van der Waals surface area contributed by atoms with Crippen LogP contribution < -0.4 is 11.1 Å². The summed E-state index contributed by atoms with van der Waals surface area (Å²) in [6.07, 6.45) is 0.525. The molecule has 92 valence electrons. The Bertz CT molecular complexity index is 387. The molecule has 0 saturated heterocycles. The van der Waals surface area contributed by atoms with E-state index in [4.69, 9.17) is 5.73 Å². The van der Waals surface area contributed by atoms with Crippen LogP contribution in [0.3, 0.4) is 0 Å². The summed E-state index contributed by atoms with van der Waals surface area (Å²) in [5.41, 5.74) is 6.80. The number of amides is 1. The Labute approximate surface area is 99.9 Å². The van der Waals surface area contributed by atoms with Gasteiger partial charge in [-0.15, -0.1) is 0 Å². The largest absolute Gasteiger partial charge is 0.469 e. The number of carbonyl (C=O) groups is 2. The van der Waals surface area contributed by atoms with Gasteiger partial charge in [-0.25, -0.2) is 0 Å². The standard InChI is InChI=1S/C12H16N2O3/c1-17-12(16)8-9-2-4-10(5-3-9)14-11(15)6-7-13/h2-5H,6-8,13H2,1H3,(H,14,15). The number of rotatable bonds is 5. The van der Waals surface area contributed by atoms with Crippen LogP contribution in [0.15, 0.2) is 24.3 Å². The Kier molecular flexibility index (Phi) is 5.16. The molecule has 5 nitrogen and oxygen atoms in total. The SMILES string of the molecule is COC(=O)Cc1ccc(NC(=O)CCN)cc1. The number of esters is 1. The second kappa shape index (κ2) is 6.65. The van der Waals surface area contributed by atoms with Crippen molar-refractivity contribution in [3.8, 4) is 0 Å². The van der Waals surface area contributed by atoms with E-state index in [2.05, 4.69) is 10.1 Å². The van der Waals surface area contributed by atoms with E-state index in [1.165, 1.54) is 7.11 Å². The molecule has 0 unspecified atom stereocenters. The molecule has 0 aromatic heterocycles. The van der Waals surface area contributed by atoms with Crippen molar-refractivity contribution in [3.05, 3.63) is 29.8 Å². The van der Waals surface area contributed by atoms with E-state index in [1.807, 2.05) is 0 Å². The first kappa shape index (κ1) is 13.2. The van der Waals surface area contributed by atoms with Crippen LogP contribution in [0, 0.1) is 0 Å². The van der Waals surface area contributed by atoms with Gasteiger partial charge in [0.25, 0.3) is 0 Å². The molecule has 0 fully saturated rings. The Morgan fingerprint density at radius 1 is 1.29 bits per heavy atom. The van der Waals surface area contributed by atoms with Crippen molar-refractivity contribution < 1.29 is 14.3 Å². The highest BCUT2D eigenvalue weighted by Gasteiger charge is 2.04. The van der Waals surface area contributed by atoms with Crippen molar-refractivity contribution in [1.82, 2.24) is 0 Å². The predicted octanol–water partition coefficient (Wildman–Crippen LogP) is 0.689. The lowest BCUT2D eigenvalue weighted by molar-refractivity contribution is -0.139. The number of anilines is 1. The molecule has 0 aliphatic rings. The molecule has 0 radical (unpaired) electrons. The van der Waals surface area contributed by atoms with Gasteiger partial charge in [0.05, 0.1) is 13.5 Å². The molecular weight excluding hydrogens is 220 g/mol. The third-order valence-corrected chi connectivity index (χ3v) is 2.19. The van der Waals surface area contributed by atoms with Gasteiger partial charge in [-0.2, -0.15) is 0 Å². The zero-order valence-corrected chi connectivity index (χ0v) is 9.73. The first-order valence-corrected chi connectivity index (χ1v) is 5.31. The van der Waals surface area contributed by atoms with E-state index in [1.54, 1.807) is 24.3 Å². The van der Waals surface area contributed by atoms with Crippen LogP contribution >= 0.6 is 0 Å². The van der Waals surface area contributed by atoms with E-state index < -0.39 is 0 Å². The molecule has 1 aromatic carbocycles. The van der Waals surface area contributed by atoms with Gasteiger partial charge in [-0.05, 0) is 17.7 Å². The summed E-state index contributed by atoms with van der Waals surface area (Å²) >= 11 is 0. The number of hydrogen-bond donors (Lipinski definition) is 2. The van der Waals surface area contributed by atoms with Gasteiger partial charge in [0.2, 0.25) is 5.91 Å². The summed E-state index contributed by atoms with van der Waals surface area (Å²) in [5, 5.41) is 2.70. The molecule has 0 spiro atoms. The second-order valence-electron chi connectivity index (χ2n) is 3.54. The molecular formula is C12H16N2O3. The van der Waals surface area contributed by atoms with Gasteiger partial charge in [-0.3, -0.25) is 9.59 Å². The fourth-order valence-corrected chi connectivity index (χ4v) is 1.30. The summed E-state index contributed by atoms with van der Waals surface area (Å²) in [4.78, 5) is 22.3. The Morgan fingerprint density at radius 2 is 1.94 bits per heavy atom. The lowest BCUT2D eigenvalue weighted by atomic mass is 10.1. The molecule has 0 aliphatic heterocycles. The number of ether oxygens (including phenoxy) is 1. The molecule has 17 heavy (non-hydrogen) atoms. The van der Waals surface area contributed by atoms with E-state index in [9.17, 15) is 9.59 Å². The fourth-order valence-electron chi connectivity index (χ4n) is 1.30. The molecule has 1 amide bonds. The third-order valence-electron chi connectivity index (χ3n) is 2.19. The van der Waals surface area contributed by atoms with Crippen molar-refractivity contribution in [1.29, 1.82) is 0 Å². The monoisotopic (exact) mass is 236 g/mol. The summed E-state index contributed by atoms with van der Waals surface area (Å²) < 4.78 is 4.56. The highest BCUT2D eigenvalue weighted by Crippen LogP contribution is 2.10. The van der Waals surface area contributed by atoms with Crippen LogP contribution in [0.25, 0.3) is 0 Å². The fraction of sp³-hybridized carbons (Fsp3) is 0.333. The van der Waals surface area contributed by atoms with Crippen LogP contribution in [0.2, 0.25) is 0 Å². The van der Waals surface area contributed by atoms with E-state index in [0.29, 0.717) is 18.7 Å². The molecule has 1 rings (SSSR count). The topological polar surface area (TPSA) is 81.4 Å². The molecule has 0 bridgehead atoms. The normalized spacial score (nSPS) is 9.76. The molecule has 5 heteroatoms. The smallest absolute Gasteiger partial charge is 0.309 e. The molecule has 3 N–H and O–H groups in total. The van der Waals surface area contributed by atoms with Crippen LogP contribution in [0.1, 0.15) is 12.0 Å². The zero-order valence-electron chi connectivity index (χ0n) is 9.73. The van der Waals surface area contributed by atoms with Crippen molar-refractivity contribution in [2.75, 3.05) is 19.0 Å². The van der Waals surface area contributed by atoms with Gasteiger partial charge >= 0.3 is 5.97 Å². The average molecular weight is 236 g/mol. The number of hydrogen-bond acceptors (Lipinski definition) is 4. The van der Waals surface area contributed by atoms with Gasteiger partial charge < -0.3 is 15.8 Å². The number of nitrogens with two attached hydrogens (primary N) is 1. The third kappa shape index (κ3) is 4.65. The average Bonchev–Trinajstić information content (AvgIpc) is 2.32. The second-order valence-corrected chi connectivity index (χ2v) is 3.54. The highest BCUT2D eigenvalue weighted by molar-refractivity contribution is 5.90. The number of nitrogens with one attached hydrogen (secondary N) is 1. The summed E-state index contributed by atoms with van der Waals surface area (Å²) in [5.74, 6) is -0.405. The lowest BCUT2D eigenvalue weighted by Gasteiger charge is -2.05. The quantitative estimate of drug-likeness (QED) is 0.737. The number of carbonyl (C=O) groups excluding carboxylic acids is 2. The molecule has 0 atom stereocenters. The summed E-state index contributed by atoms with van der Waals surface area (Å²) in [6, 6.07) is 7.03. The zero-order chi connectivity index (χ0) is 12.7. The van der Waals surface area contributed by atoms with Gasteiger partial charge in [0.1, 0.15) is 0 Å². The molecule has 0 aliphatic carbocycles. The van der Waals surface area contributed by atoms with Crippen LogP contribution in [0.4, 0.5) is 5.69 Å². The molecule has 0 saturated carbocycles. The van der Waals surface area contributed by atoms with Gasteiger partial charge in [0.15, 0.2) is 0 Å². The maximum atomic E-state index is 11.3. The van der Waals surface area contributed by atoms with Crippen LogP contribution in [-0.2, 0) is 20.7 Å². The summed E-state index contributed by atoms with van der Waals surface area (Å²) in [7, 11) is 1.35. The molecule has 0 heterocycles. The first-order valence-electron chi connectivity index (χ1n) is 5.31. The van der Waals surface area contributed by atoms with Gasteiger partial charge in [-0.1, -0.05) is 12.1 Å². The van der Waals surface area contributed by atoms with Crippen molar-refractivity contribution >= 4 is 17.6 Å². The number of benzene rings is 1. The number of methoxy groups -OCH3 is 1. The maximum Gasteiger partial charge on any atom is 0.309 e. The first-order chi connectivity index (χ1) is 8.15. The van der Waals surface area contributed by atoms with E-state index in [-0.39, 0.29) is 18.3 Å².